The van der Waals surface area contributed by atoms with E-state index in [0.29, 0.717) is 11.1 Å². The Labute approximate surface area is 238 Å². The van der Waals surface area contributed by atoms with Crippen LogP contribution in [-0.4, -0.2) is 56.5 Å². The number of ketones is 3. The van der Waals surface area contributed by atoms with Crippen LogP contribution in [0.5, 0.6) is 5.75 Å². The lowest BCUT2D eigenvalue weighted by Gasteiger charge is -2.59. The fraction of sp³-hybridized carbons (Fsp3) is 0.500. The second-order valence-electron chi connectivity index (χ2n) is 12.6. The average molecular weight is 565 g/mol. The van der Waals surface area contributed by atoms with E-state index in [1.54, 1.807) is 33.8 Å². The number of fused-ring (bicyclic) bond motifs is 3. The van der Waals surface area contributed by atoms with Gasteiger partial charge in [0.1, 0.15) is 22.8 Å². The largest absolute Gasteiger partial charge is 0.511 e. The van der Waals surface area contributed by atoms with Gasteiger partial charge < -0.3 is 25.2 Å². The van der Waals surface area contributed by atoms with Crippen molar-refractivity contribution >= 4 is 23.3 Å². The van der Waals surface area contributed by atoms with Crippen LogP contribution in [-0.2, 0) is 25.5 Å². The van der Waals surface area contributed by atoms with E-state index in [2.05, 4.69) is 16.6 Å². The second kappa shape index (κ2) is 9.59. The van der Waals surface area contributed by atoms with E-state index in [9.17, 15) is 39.6 Å². The highest BCUT2D eigenvalue weighted by Crippen LogP contribution is 2.65. The Morgan fingerprint density at radius 1 is 1.10 bits per heavy atom. The average Bonchev–Trinajstić information content (AvgIpc) is 2.84. The zero-order chi connectivity index (χ0) is 31.0. The van der Waals surface area contributed by atoms with Gasteiger partial charge in [-0.1, -0.05) is 47.5 Å². The molecule has 3 aliphatic carbocycles. The van der Waals surface area contributed by atoms with Gasteiger partial charge >= 0.3 is 5.97 Å². The summed E-state index contributed by atoms with van der Waals surface area (Å²) in [5, 5.41) is 46.4. The standard InChI is InChI=1S/C32H36O9/c1-14(2)18-11-17(9-10-20(34)41-8)25(35)22-19(18)12-30(6)13-31(7)23(15(3)4)26(36)21(16(5)33)28(38)32(31,40)29(39)24(30)27(22)37/h11,14-15,23,35-36,39-40H,12-13H2,1-8H3/t23?,30-,31-,32+/m1/s1. The first kappa shape index (κ1) is 30.1. The number of esters is 1. The Morgan fingerprint density at radius 3 is 2.22 bits per heavy atom. The molecule has 1 aromatic rings. The van der Waals surface area contributed by atoms with Crippen molar-refractivity contribution in [3.8, 4) is 17.6 Å². The SMILES string of the molecule is COC(=O)C#Cc1cc(C(C)C)c2c(c1O)C(=O)C1=C(O)[C@@]3(O)C(=O)C(C(C)=O)=C(O)C(C(C)C)[C@@]3(C)C[C@@]1(C)C2. The highest BCUT2D eigenvalue weighted by atomic mass is 16.5. The molecule has 9 heteroatoms. The number of allylic oxidation sites excluding steroid dienone is 2. The zero-order valence-corrected chi connectivity index (χ0v) is 24.6. The first-order valence-corrected chi connectivity index (χ1v) is 13.6. The summed E-state index contributed by atoms with van der Waals surface area (Å²) in [5.74, 6) is -1.96. The number of rotatable bonds is 3. The topological polar surface area (TPSA) is 158 Å². The number of benzene rings is 1. The highest BCUT2D eigenvalue weighted by molar-refractivity contribution is 6.25. The summed E-state index contributed by atoms with van der Waals surface area (Å²) in [4.78, 5) is 52.2. The first-order valence-electron chi connectivity index (χ1n) is 13.6. The molecular formula is C32H36O9. The molecule has 0 aliphatic heterocycles. The number of ether oxygens (including phenoxy) is 1. The number of carbonyl (C=O) groups is 4. The maximum Gasteiger partial charge on any atom is 0.384 e. The smallest absolute Gasteiger partial charge is 0.384 e. The van der Waals surface area contributed by atoms with Crippen LogP contribution in [0.15, 0.2) is 28.7 Å². The van der Waals surface area contributed by atoms with E-state index in [0.717, 1.165) is 14.0 Å². The molecule has 3 aliphatic rings. The molecule has 1 aromatic carbocycles. The fourth-order valence-corrected chi connectivity index (χ4v) is 7.61. The summed E-state index contributed by atoms with van der Waals surface area (Å²) in [6.07, 6.45) is 0.168. The number of methoxy groups -OCH3 is 1. The number of Topliss-reactive ketones (excluding diaryl/α,β-unsaturated/α-hetero) is 3. The van der Waals surface area contributed by atoms with Gasteiger partial charge in [-0.05, 0) is 48.8 Å². The zero-order valence-electron chi connectivity index (χ0n) is 24.6. The van der Waals surface area contributed by atoms with Gasteiger partial charge in [0.2, 0.25) is 5.78 Å². The number of aliphatic hydroxyl groups excluding tert-OH is 2. The minimum atomic E-state index is -2.68. The van der Waals surface area contributed by atoms with Crippen LogP contribution >= 0.6 is 0 Å². The fourth-order valence-electron chi connectivity index (χ4n) is 7.61. The minimum Gasteiger partial charge on any atom is -0.511 e. The molecule has 4 N–H and O–H groups in total. The van der Waals surface area contributed by atoms with E-state index in [4.69, 9.17) is 0 Å². The minimum absolute atomic E-state index is 0.00704. The lowest BCUT2D eigenvalue weighted by atomic mass is 9.44. The van der Waals surface area contributed by atoms with Crippen molar-refractivity contribution in [1.29, 1.82) is 0 Å². The van der Waals surface area contributed by atoms with Gasteiger partial charge in [0, 0.05) is 28.2 Å². The molecule has 0 fully saturated rings. The predicted octanol–water partition coefficient (Wildman–Crippen LogP) is 3.99. The quantitative estimate of drug-likeness (QED) is 0.242. The van der Waals surface area contributed by atoms with Crippen molar-refractivity contribution < 1.29 is 44.3 Å². The molecule has 0 radical (unpaired) electrons. The molecule has 0 spiro atoms. The number of phenolic OH excluding ortho intramolecular Hbond substituents is 1. The molecule has 4 rings (SSSR count). The number of phenols is 1. The Balaban J connectivity index is 2.08. The Morgan fingerprint density at radius 2 is 1.71 bits per heavy atom. The summed E-state index contributed by atoms with van der Waals surface area (Å²) >= 11 is 0. The molecule has 218 valence electrons. The molecule has 0 amide bonds. The molecule has 41 heavy (non-hydrogen) atoms. The van der Waals surface area contributed by atoms with Gasteiger partial charge in [0.05, 0.1) is 18.2 Å². The maximum absolute atomic E-state index is 14.3. The summed E-state index contributed by atoms with van der Waals surface area (Å²) in [7, 11) is 1.16. The Hall–Kier alpha value is -3.90. The number of hydrogen-bond donors (Lipinski definition) is 4. The third-order valence-electron chi connectivity index (χ3n) is 9.15. The van der Waals surface area contributed by atoms with Gasteiger partial charge in [0.25, 0.3) is 0 Å². The molecular weight excluding hydrogens is 528 g/mol. The van der Waals surface area contributed by atoms with Crippen molar-refractivity contribution in [2.75, 3.05) is 7.11 Å². The molecule has 0 saturated carbocycles. The summed E-state index contributed by atoms with van der Waals surface area (Å²) in [6, 6.07) is 1.62. The van der Waals surface area contributed by atoms with E-state index >= 15 is 0 Å². The van der Waals surface area contributed by atoms with Crippen LogP contribution in [0, 0.1) is 34.5 Å². The molecule has 0 saturated heterocycles. The van der Waals surface area contributed by atoms with Crippen molar-refractivity contribution in [3.05, 3.63) is 51.0 Å². The summed E-state index contributed by atoms with van der Waals surface area (Å²) in [5.41, 5.74) is -5.03. The van der Waals surface area contributed by atoms with Crippen LogP contribution in [0.4, 0.5) is 0 Å². The van der Waals surface area contributed by atoms with Crippen molar-refractivity contribution in [2.45, 2.75) is 72.8 Å². The Bertz CT molecular complexity index is 1550. The third-order valence-corrected chi connectivity index (χ3v) is 9.15. The van der Waals surface area contributed by atoms with E-state index in [1.165, 1.54) is 0 Å². The molecule has 9 nitrogen and oxygen atoms in total. The number of aromatic hydroxyl groups is 1. The van der Waals surface area contributed by atoms with Crippen LogP contribution in [0.2, 0.25) is 0 Å². The normalized spacial score (nSPS) is 29.1. The van der Waals surface area contributed by atoms with Gasteiger partial charge in [-0.3, -0.25) is 14.4 Å². The number of carbonyl (C=O) groups excluding carboxylic acids is 4. The molecule has 0 bridgehead atoms. The lowest BCUT2D eigenvalue weighted by molar-refractivity contribution is -0.171. The monoisotopic (exact) mass is 564 g/mol. The van der Waals surface area contributed by atoms with Crippen molar-refractivity contribution in [1.82, 2.24) is 0 Å². The van der Waals surface area contributed by atoms with Gasteiger partial charge in [-0.2, -0.15) is 0 Å². The van der Waals surface area contributed by atoms with Gasteiger partial charge in [-0.15, -0.1) is 0 Å². The molecule has 0 aromatic heterocycles. The molecule has 0 heterocycles. The number of aliphatic hydroxyl groups is 3. The van der Waals surface area contributed by atoms with Crippen molar-refractivity contribution in [3.63, 3.8) is 0 Å². The van der Waals surface area contributed by atoms with Crippen LogP contribution < -0.4 is 0 Å². The van der Waals surface area contributed by atoms with Gasteiger partial charge in [0.15, 0.2) is 17.2 Å². The first-order chi connectivity index (χ1) is 18.9. The Kier molecular flexibility index (Phi) is 7.03. The molecule has 4 atom stereocenters. The van der Waals surface area contributed by atoms with Crippen LogP contribution in [0.1, 0.15) is 87.9 Å². The van der Waals surface area contributed by atoms with E-state index < -0.39 is 68.5 Å². The highest BCUT2D eigenvalue weighted by Gasteiger charge is 2.71. The summed E-state index contributed by atoms with van der Waals surface area (Å²) < 4.78 is 4.55. The van der Waals surface area contributed by atoms with Gasteiger partial charge in [-0.25, -0.2) is 4.79 Å². The third kappa shape index (κ3) is 3.95. The lowest BCUT2D eigenvalue weighted by Crippen LogP contribution is -2.67. The van der Waals surface area contributed by atoms with E-state index in [-0.39, 0.29) is 41.4 Å². The predicted molar refractivity (Wildman–Crippen MR) is 148 cm³/mol. The second-order valence-corrected chi connectivity index (χ2v) is 12.6. The van der Waals surface area contributed by atoms with Crippen LogP contribution in [0.3, 0.4) is 0 Å². The van der Waals surface area contributed by atoms with Crippen LogP contribution in [0.25, 0.3) is 0 Å². The van der Waals surface area contributed by atoms with Crippen molar-refractivity contribution in [2.24, 2.45) is 22.7 Å². The summed E-state index contributed by atoms with van der Waals surface area (Å²) in [6.45, 7) is 11.8. The molecule has 1 unspecified atom stereocenters. The van der Waals surface area contributed by atoms with E-state index in [1.807, 2.05) is 13.8 Å². The number of hydrogen-bond acceptors (Lipinski definition) is 9. The maximum atomic E-state index is 14.3.